The molecule has 1 aromatic rings. The largest absolute Gasteiger partial charge is 0.493 e. The molecule has 0 N–H and O–H groups in total. The average molecular weight is 242 g/mol. The van der Waals surface area contributed by atoms with E-state index >= 15 is 0 Å². The second-order valence-corrected chi connectivity index (χ2v) is 5.09. The number of rotatable bonds is 4. The lowest BCUT2D eigenvalue weighted by molar-refractivity contribution is 0.323. The Morgan fingerprint density at radius 2 is 1.38 bits per heavy atom. The zero-order chi connectivity index (χ0) is 12.3. The summed E-state index contributed by atoms with van der Waals surface area (Å²) >= 11 is 4.53. The molecule has 0 spiro atoms. The zero-order valence-electron chi connectivity index (χ0n) is 10.3. The van der Waals surface area contributed by atoms with Crippen LogP contribution in [-0.2, 0) is 4.75 Å². The van der Waals surface area contributed by atoms with Crippen molar-refractivity contribution in [1.29, 1.82) is 0 Å². The Hall–Kier alpha value is -1.03. The smallest absolute Gasteiger partial charge is 0.203 e. The van der Waals surface area contributed by atoms with Crippen LogP contribution < -0.4 is 14.2 Å². The van der Waals surface area contributed by atoms with Crippen LogP contribution in [0.25, 0.3) is 0 Å². The van der Waals surface area contributed by atoms with Gasteiger partial charge in [0.05, 0.1) is 21.3 Å². The Morgan fingerprint density at radius 3 is 1.62 bits per heavy atom. The summed E-state index contributed by atoms with van der Waals surface area (Å²) in [5, 5.41) is 0. The standard InChI is InChI=1S/C12H18O3S/c1-12(2,16)8-6-9(13-3)11(15-5)10(7-8)14-4/h6-7,16H,1-5H3. The maximum atomic E-state index is 5.28. The van der Waals surface area contributed by atoms with E-state index in [-0.39, 0.29) is 4.75 Å². The van der Waals surface area contributed by atoms with Crippen molar-refractivity contribution in [2.75, 3.05) is 21.3 Å². The van der Waals surface area contributed by atoms with E-state index in [0.717, 1.165) is 5.56 Å². The second-order valence-electron chi connectivity index (χ2n) is 3.97. The van der Waals surface area contributed by atoms with Crippen molar-refractivity contribution in [2.45, 2.75) is 18.6 Å². The van der Waals surface area contributed by atoms with Gasteiger partial charge >= 0.3 is 0 Å². The van der Waals surface area contributed by atoms with Crippen LogP contribution in [0, 0.1) is 0 Å². The van der Waals surface area contributed by atoms with E-state index in [0.29, 0.717) is 17.2 Å². The highest BCUT2D eigenvalue weighted by Gasteiger charge is 2.21. The Balaban J connectivity index is 3.37. The Kier molecular flexibility index (Phi) is 3.97. The van der Waals surface area contributed by atoms with Gasteiger partial charge in [0.25, 0.3) is 0 Å². The summed E-state index contributed by atoms with van der Waals surface area (Å²) in [5.74, 6) is 1.91. The molecule has 0 aliphatic heterocycles. The van der Waals surface area contributed by atoms with E-state index in [1.807, 2.05) is 26.0 Å². The molecule has 0 atom stereocenters. The molecule has 0 saturated heterocycles. The SMILES string of the molecule is COc1cc(C(C)(C)S)cc(OC)c1OC. The molecule has 0 fully saturated rings. The van der Waals surface area contributed by atoms with Crippen LogP contribution in [-0.4, -0.2) is 21.3 Å². The van der Waals surface area contributed by atoms with Crippen molar-refractivity contribution in [2.24, 2.45) is 0 Å². The number of thiol groups is 1. The molecule has 0 aliphatic carbocycles. The third-order valence-electron chi connectivity index (χ3n) is 2.37. The normalized spacial score (nSPS) is 11.1. The molecule has 1 rings (SSSR count). The molecular weight excluding hydrogens is 224 g/mol. The van der Waals surface area contributed by atoms with Crippen LogP contribution in [0.5, 0.6) is 17.2 Å². The van der Waals surface area contributed by atoms with E-state index < -0.39 is 0 Å². The summed E-state index contributed by atoms with van der Waals surface area (Å²) in [6, 6.07) is 3.82. The van der Waals surface area contributed by atoms with Crippen LogP contribution >= 0.6 is 12.6 Å². The first-order valence-electron chi connectivity index (χ1n) is 4.97. The van der Waals surface area contributed by atoms with Crippen LogP contribution in [0.1, 0.15) is 19.4 Å². The van der Waals surface area contributed by atoms with Crippen LogP contribution in [0.4, 0.5) is 0 Å². The molecule has 0 amide bonds. The molecular formula is C12H18O3S. The van der Waals surface area contributed by atoms with Gasteiger partial charge in [-0.1, -0.05) is 0 Å². The lowest BCUT2D eigenvalue weighted by Gasteiger charge is -2.21. The fourth-order valence-corrected chi connectivity index (χ4v) is 1.56. The van der Waals surface area contributed by atoms with Crippen molar-refractivity contribution in [1.82, 2.24) is 0 Å². The van der Waals surface area contributed by atoms with E-state index in [2.05, 4.69) is 12.6 Å². The van der Waals surface area contributed by atoms with Crippen LogP contribution in [0.3, 0.4) is 0 Å². The third-order valence-corrected chi connectivity index (χ3v) is 2.63. The number of hydrogen-bond donors (Lipinski definition) is 1. The molecule has 0 aliphatic rings. The van der Waals surface area contributed by atoms with Gasteiger partial charge in [-0.25, -0.2) is 0 Å². The lowest BCUT2D eigenvalue weighted by atomic mass is 10.0. The summed E-state index contributed by atoms with van der Waals surface area (Å²) in [7, 11) is 4.80. The number of hydrogen-bond acceptors (Lipinski definition) is 4. The number of ether oxygens (including phenoxy) is 3. The van der Waals surface area contributed by atoms with Crippen molar-refractivity contribution in [3.63, 3.8) is 0 Å². The first-order valence-corrected chi connectivity index (χ1v) is 5.41. The molecule has 3 nitrogen and oxygen atoms in total. The Morgan fingerprint density at radius 1 is 0.938 bits per heavy atom. The van der Waals surface area contributed by atoms with Gasteiger partial charge in [-0.3, -0.25) is 0 Å². The highest BCUT2D eigenvalue weighted by molar-refractivity contribution is 7.81. The van der Waals surface area contributed by atoms with Gasteiger partial charge in [0, 0.05) is 4.75 Å². The maximum Gasteiger partial charge on any atom is 0.203 e. The summed E-state index contributed by atoms with van der Waals surface area (Å²) in [6.07, 6.45) is 0. The Bertz CT molecular complexity index is 344. The van der Waals surface area contributed by atoms with Gasteiger partial charge in [0.2, 0.25) is 5.75 Å². The molecule has 1 aromatic carbocycles. The van der Waals surface area contributed by atoms with Gasteiger partial charge in [-0.05, 0) is 31.5 Å². The molecule has 90 valence electrons. The zero-order valence-corrected chi connectivity index (χ0v) is 11.2. The molecule has 0 aromatic heterocycles. The second kappa shape index (κ2) is 4.87. The third kappa shape index (κ3) is 2.55. The molecule has 16 heavy (non-hydrogen) atoms. The molecule has 0 heterocycles. The molecule has 0 radical (unpaired) electrons. The van der Waals surface area contributed by atoms with Crippen LogP contribution in [0.2, 0.25) is 0 Å². The van der Waals surface area contributed by atoms with Gasteiger partial charge in [0.1, 0.15) is 0 Å². The maximum absolute atomic E-state index is 5.28. The van der Waals surface area contributed by atoms with E-state index in [4.69, 9.17) is 14.2 Å². The van der Waals surface area contributed by atoms with Gasteiger partial charge in [-0.2, -0.15) is 12.6 Å². The molecule has 0 saturated carbocycles. The number of methoxy groups -OCH3 is 3. The highest BCUT2D eigenvalue weighted by Crippen LogP contribution is 2.42. The quantitative estimate of drug-likeness (QED) is 0.823. The van der Waals surface area contributed by atoms with Crippen molar-refractivity contribution >= 4 is 12.6 Å². The summed E-state index contributed by atoms with van der Waals surface area (Å²) in [5.41, 5.74) is 1.02. The van der Waals surface area contributed by atoms with Gasteiger partial charge in [0.15, 0.2) is 11.5 Å². The Labute approximate surface area is 102 Å². The van der Waals surface area contributed by atoms with E-state index in [9.17, 15) is 0 Å². The lowest BCUT2D eigenvalue weighted by Crippen LogP contribution is -2.09. The van der Waals surface area contributed by atoms with Gasteiger partial charge < -0.3 is 14.2 Å². The summed E-state index contributed by atoms with van der Waals surface area (Å²) in [6.45, 7) is 4.02. The predicted octanol–water partition coefficient (Wildman–Crippen LogP) is 2.88. The average Bonchev–Trinajstić information content (AvgIpc) is 2.25. The molecule has 0 bridgehead atoms. The summed E-state index contributed by atoms with van der Waals surface area (Å²) in [4.78, 5) is 0. The van der Waals surface area contributed by atoms with Crippen molar-refractivity contribution in [3.8, 4) is 17.2 Å². The molecule has 4 heteroatoms. The van der Waals surface area contributed by atoms with Crippen LogP contribution in [0.15, 0.2) is 12.1 Å². The monoisotopic (exact) mass is 242 g/mol. The van der Waals surface area contributed by atoms with E-state index in [1.54, 1.807) is 21.3 Å². The predicted molar refractivity (Wildman–Crippen MR) is 68.1 cm³/mol. The fourth-order valence-electron chi connectivity index (χ4n) is 1.43. The summed E-state index contributed by atoms with van der Waals surface area (Å²) < 4.78 is 15.5. The first-order chi connectivity index (χ1) is 7.43. The highest BCUT2D eigenvalue weighted by atomic mass is 32.1. The minimum absolute atomic E-state index is 0.257. The topological polar surface area (TPSA) is 27.7 Å². The minimum Gasteiger partial charge on any atom is -0.493 e. The first kappa shape index (κ1) is 13.0. The molecule has 0 unspecified atom stereocenters. The minimum atomic E-state index is -0.257. The van der Waals surface area contributed by atoms with Crippen molar-refractivity contribution < 1.29 is 14.2 Å². The van der Waals surface area contributed by atoms with Gasteiger partial charge in [-0.15, -0.1) is 0 Å². The van der Waals surface area contributed by atoms with E-state index in [1.165, 1.54) is 0 Å². The fraction of sp³-hybridized carbons (Fsp3) is 0.500. The number of benzene rings is 1. The van der Waals surface area contributed by atoms with Crippen molar-refractivity contribution in [3.05, 3.63) is 17.7 Å².